The lowest BCUT2D eigenvalue weighted by molar-refractivity contribution is 0.592. The van der Waals surface area contributed by atoms with Crippen molar-refractivity contribution in [3.63, 3.8) is 0 Å². The molecule has 0 aliphatic carbocycles. The van der Waals surface area contributed by atoms with Gasteiger partial charge in [0.05, 0.1) is 17.1 Å². The van der Waals surface area contributed by atoms with E-state index >= 15 is 0 Å². The summed E-state index contributed by atoms with van der Waals surface area (Å²) in [5, 5.41) is 8.63. The summed E-state index contributed by atoms with van der Waals surface area (Å²) >= 11 is 0. The largest absolute Gasteiger partial charge is 0.330 e. The molecular formula is C11H13FN2O2S. The number of nitrogens with two attached hydrogens (primary N) is 1. The number of nitrogens with zero attached hydrogens (tertiary/aromatic N) is 1. The highest BCUT2D eigenvalue weighted by Gasteiger charge is 2.12. The third-order valence-electron chi connectivity index (χ3n) is 2.20. The average Bonchev–Trinajstić information content (AvgIpc) is 2.29. The summed E-state index contributed by atoms with van der Waals surface area (Å²) in [5.41, 5.74) is 5.51. The fourth-order valence-corrected chi connectivity index (χ4v) is 2.82. The van der Waals surface area contributed by atoms with E-state index in [0.717, 1.165) is 6.07 Å². The van der Waals surface area contributed by atoms with E-state index in [1.807, 2.05) is 0 Å². The molecule has 0 fully saturated rings. The van der Waals surface area contributed by atoms with Gasteiger partial charge >= 0.3 is 0 Å². The van der Waals surface area contributed by atoms with Crippen LogP contribution in [0.1, 0.15) is 17.5 Å². The minimum Gasteiger partial charge on any atom is -0.330 e. The Balaban J connectivity index is 2.86. The van der Waals surface area contributed by atoms with Gasteiger partial charge in [-0.15, -0.1) is 0 Å². The molecule has 1 aromatic carbocycles. The van der Waals surface area contributed by atoms with Gasteiger partial charge in [0.1, 0.15) is 11.9 Å². The van der Waals surface area contributed by atoms with Crippen LogP contribution in [0.15, 0.2) is 18.2 Å². The molecule has 0 atom stereocenters. The lowest BCUT2D eigenvalue weighted by Gasteiger charge is -2.04. The van der Waals surface area contributed by atoms with Crippen molar-refractivity contribution in [2.24, 2.45) is 5.73 Å². The summed E-state index contributed by atoms with van der Waals surface area (Å²) in [4.78, 5) is 0. The molecule has 0 unspecified atom stereocenters. The molecule has 0 aliphatic heterocycles. The summed E-state index contributed by atoms with van der Waals surface area (Å²) in [6, 6.07) is 5.41. The minimum atomic E-state index is -3.25. The molecule has 0 amide bonds. The van der Waals surface area contributed by atoms with Gasteiger partial charge in [-0.25, -0.2) is 12.8 Å². The highest BCUT2D eigenvalue weighted by atomic mass is 32.2. The van der Waals surface area contributed by atoms with E-state index in [-0.39, 0.29) is 17.1 Å². The molecule has 0 radical (unpaired) electrons. The van der Waals surface area contributed by atoms with Crippen LogP contribution >= 0.6 is 0 Å². The predicted octanol–water partition coefficient (Wildman–Crippen LogP) is 0.961. The third kappa shape index (κ3) is 4.13. The Morgan fingerprint density at radius 3 is 2.71 bits per heavy atom. The maximum absolute atomic E-state index is 13.0. The smallest absolute Gasteiger partial charge is 0.154 e. The SMILES string of the molecule is N#Cc1cc(CS(=O)(=O)CCCN)ccc1F. The zero-order valence-corrected chi connectivity index (χ0v) is 10.0. The van der Waals surface area contributed by atoms with Gasteiger partial charge in [-0.05, 0) is 30.7 Å². The van der Waals surface area contributed by atoms with E-state index in [2.05, 4.69) is 0 Å². The maximum atomic E-state index is 13.0. The lowest BCUT2D eigenvalue weighted by Crippen LogP contribution is -2.13. The van der Waals surface area contributed by atoms with Crippen LogP contribution in [-0.4, -0.2) is 20.7 Å². The first-order chi connectivity index (χ1) is 7.98. The van der Waals surface area contributed by atoms with Crippen molar-refractivity contribution >= 4 is 9.84 Å². The fourth-order valence-electron chi connectivity index (χ4n) is 1.38. The van der Waals surface area contributed by atoms with Crippen LogP contribution in [0.2, 0.25) is 0 Å². The number of halogens is 1. The Hall–Kier alpha value is -1.45. The van der Waals surface area contributed by atoms with Crippen molar-refractivity contribution in [3.8, 4) is 6.07 Å². The van der Waals surface area contributed by atoms with Crippen molar-refractivity contribution < 1.29 is 12.8 Å². The number of rotatable bonds is 5. The first kappa shape index (κ1) is 13.6. The van der Waals surface area contributed by atoms with Crippen LogP contribution in [0.4, 0.5) is 4.39 Å². The normalized spacial score (nSPS) is 11.1. The molecule has 0 heterocycles. The summed E-state index contributed by atoms with van der Waals surface area (Å²) in [5.74, 6) is -0.833. The van der Waals surface area contributed by atoms with Crippen molar-refractivity contribution in [1.82, 2.24) is 0 Å². The monoisotopic (exact) mass is 256 g/mol. The Labute approximate surface area is 99.8 Å². The van der Waals surface area contributed by atoms with E-state index in [1.165, 1.54) is 12.1 Å². The molecule has 6 heteroatoms. The van der Waals surface area contributed by atoms with Gasteiger partial charge in [0, 0.05) is 0 Å². The number of nitriles is 1. The zero-order valence-electron chi connectivity index (χ0n) is 9.19. The summed E-state index contributed by atoms with van der Waals surface area (Å²) in [7, 11) is -3.25. The summed E-state index contributed by atoms with van der Waals surface area (Å²) in [6.45, 7) is 0.312. The Kier molecular flexibility index (Phi) is 4.61. The van der Waals surface area contributed by atoms with E-state index < -0.39 is 15.7 Å². The van der Waals surface area contributed by atoms with Gasteiger partial charge in [0.2, 0.25) is 0 Å². The molecular weight excluding hydrogens is 243 g/mol. The minimum absolute atomic E-state index is 0.00274. The van der Waals surface area contributed by atoms with Crippen molar-refractivity contribution in [2.45, 2.75) is 12.2 Å². The molecule has 2 N–H and O–H groups in total. The number of sulfone groups is 1. The van der Waals surface area contributed by atoms with E-state index in [0.29, 0.717) is 18.5 Å². The first-order valence-electron chi connectivity index (χ1n) is 5.07. The predicted molar refractivity (Wildman–Crippen MR) is 62.3 cm³/mol. The van der Waals surface area contributed by atoms with Crippen LogP contribution in [0.3, 0.4) is 0 Å². The van der Waals surface area contributed by atoms with E-state index in [9.17, 15) is 12.8 Å². The molecule has 1 rings (SSSR count). The second-order valence-electron chi connectivity index (χ2n) is 3.66. The van der Waals surface area contributed by atoms with Gasteiger partial charge in [0.15, 0.2) is 9.84 Å². The second-order valence-corrected chi connectivity index (χ2v) is 5.84. The van der Waals surface area contributed by atoms with E-state index in [4.69, 9.17) is 11.0 Å². The van der Waals surface area contributed by atoms with Gasteiger partial charge in [-0.2, -0.15) is 5.26 Å². The van der Waals surface area contributed by atoms with Crippen LogP contribution in [0, 0.1) is 17.1 Å². The molecule has 0 saturated carbocycles. The zero-order chi connectivity index (χ0) is 12.9. The Morgan fingerprint density at radius 1 is 1.41 bits per heavy atom. The topological polar surface area (TPSA) is 84.0 Å². The molecule has 0 saturated heterocycles. The molecule has 4 nitrogen and oxygen atoms in total. The molecule has 0 spiro atoms. The standard InChI is InChI=1S/C11H13FN2O2S/c12-11-3-2-9(6-10(11)7-14)8-17(15,16)5-1-4-13/h2-3,6H,1,4-5,8,13H2. The van der Waals surface area contributed by atoms with Crippen LogP contribution in [0.5, 0.6) is 0 Å². The van der Waals surface area contributed by atoms with Crippen LogP contribution < -0.4 is 5.73 Å². The maximum Gasteiger partial charge on any atom is 0.154 e. The average molecular weight is 256 g/mol. The number of hydrogen-bond acceptors (Lipinski definition) is 4. The molecule has 92 valence electrons. The number of hydrogen-bond donors (Lipinski definition) is 1. The van der Waals surface area contributed by atoms with Crippen LogP contribution in [0.25, 0.3) is 0 Å². The van der Waals surface area contributed by atoms with Gasteiger partial charge < -0.3 is 5.73 Å². The first-order valence-corrected chi connectivity index (χ1v) is 6.89. The Bertz CT molecular complexity index is 535. The molecule has 0 aliphatic rings. The summed E-state index contributed by atoms with van der Waals surface area (Å²) in [6.07, 6.45) is 0.397. The highest BCUT2D eigenvalue weighted by molar-refractivity contribution is 7.90. The fraction of sp³-hybridized carbons (Fsp3) is 0.364. The second kappa shape index (κ2) is 5.75. The van der Waals surface area contributed by atoms with Crippen molar-refractivity contribution in [3.05, 3.63) is 35.1 Å². The van der Waals surface area contributed by atoms with Gasteiger partial charge in [-0.3, -0.25) is 0 Å². The summed E-state index contributed by atoms with van der Waals surface area (Å²) < 4.78 is 36.2. The van der Waals surface area contributed by atoms with E-state index in [1.54, 1.807) is 6.07 Å². The van der Waals surface area contributed by atoms with Crippen LogP contribution in [-0.2, 0) is 15.6 Å². The molecule has 1 aromatic rings. The lowest BCUT2D eigenvalue weighted by atomic mass is 10.1. The molecule has 0 bridgehead atoms. The quantitative estimate of drug-likeness (QED) is 0.850. The van der Waals surface area contributed by atoms with Crippen molar-refractivity contribution in [1.29, 1.82) is 5.26 Å². The van der Waals surface area contributed by atoms with Crippen molar-refractivity contribution in [2.75, 3.05) is 12.3 Å². The highest BCUT2D eigenvalue weighted by Crippen LogP contribution is 2.13. The number of benzene rings is 1. The molecule has 0 aromatic heterocycles. The Morgan fingerprint density at radius 2 is 2.12 bits per heavy atom. The van der Waals surface area contributed by atoms with Gasteiger partial charge in [-0.1, -0.05) is 6.07 Å². The van der Waals surface area contributed by atoms with Gasteiger partial charge in [0.25, 0.3) is 0 Å². The molecule has 17 heavy (non-hydrogen) atoms. The third-order valence-corrected chi connectivity index (χ3v) is 3.88.